The van der Waals surface area contributed by atoms with E-state index in [0.29, 0.717) is 16.3 Å². The molecule has 5 nitrogen and oxygen atoms in total. The second-order valence-electron chi connectivity index (χ2n) is 4.94. The van der Waals surface area contributed by atoms with Gasteiger partial charge in [0.05, 0.1) is 0 Å². The Balaban J connectivity index is 2.20. The topological polar surface area (TPSA) is 56.7 Å². The van der Waals surface area contributed by atoms with Crippen LogP contribution in [0.3, 0.4) is 0 Å². The van der Waals surface area contributed by atoms with Crippen molar-refractivity contribution >= 4 is 27.7 Å². The minimum absolute atomic E-state index is 0.263. The number of carbonyl (C=O) groups is 1. The fourth-order valence-corrected chi connectivity index (χ4v) is 3.14. The maximum absolute atomic E-state index is 11.4. The molecule has 0 amide bonds. The van der Waals surface area contributed by atoms with Gasteiger partial charge in [0.25, 0.3) is 0 Å². The average Bonchev–Trinajstić information content (AvgIpc) is 2.89. The van der Waals surface area contributed by atoms with E-state index in [-0.39, 0.29) is 5.56 Å². The molecule has 1 aromatic rings. The molecule has 1 aliphatic heterocycles. The van der Waals surface area contributed by atoms with E-state index in [2.05, 4.69) is 44.6 Å². The molecule has 6 heteroatoms. The molecule has 1 fully saturated rings. The molecule has 1 aromatic heterocycles. The number of anilines is 1. The first kappa shape index (κ1) is 15.3. The normalized spacial score (nSPS) is 18.8. The van der Waals surface area contributed by atoms with Gasteiger partial charge in [-0.1, -0.05) is 13.8 Å². The van der Waals surface area contributed by atoms with Crippen molar-refractivity contribution in [2.75, 3.05) is 31.1 Å². The van der Waals surface area contributed by atoms with Crippen molar-refractivity contribution in [2.45, 2.75) is 26.3 Å². The molecule has 0 aromatic carbocycles. The molecule has 110 valence electrons. The van der Waals surface area contributed by atoms with Crippen LogP contribution in [0.25, 0.3) is 0 Å². The van der Waals surface area contributed by atoms with Crippen LogP contribution in [0.2, 0.25) is 0 Å². The Bertz CT molecular complexity index is 491. The van der Waals surface area contributed by atoms with E-state index < -0.39 is 5.97 Å². The highest BCUT2D eigenvalue weighted by atomic mass is 79.9. The third kappa shape index (κ3) is 3.12. The van der Waals surface area contributed by atoms with Crippen LogP contribution < -0.4 is 4.90 Å². The summed E-state index contributed by atoms with van der Waals surface area (Å²) in [7, 11) is 0. The second-order valence-corrected chi connectivity index (χ2v) is 5.86. The molecule has 1 unspecified atom stereocenters. The monoisotopic (exact) mass is 341 g/mol. The molecule has 0 spiro atoms. The zero-order valence-corrected chi connectivity index (χ0v) is 13.4. The van der Waals surface area contributed by atoms with Crippen LogP contribution in [0.1, 0.15) is 30.6 Å². The summed E-state index contributed by atoms with van der Waals surface area (Å²) in [6.45, 7) is 8.06. The fourth-order valence-electron chi connectivity index (χ4n) is 2.81. The molecular weight excluding hydrogens is 322 g/mol. The number of hydrogen-bond acceptors (Lipinski definition) is 4. The van der Waals surface area contributed by atoms with E-state index in [9.17, 15) is 9.90 Å². The molecule has 2 heterocycles. The minimum atomic E-state index is -0.930. The van der Waals surface area contributed by atoms with E-state index in [4.69, 9.17) is 0 Å². The fraction of sp³-hybridized carbons (Fsp3) is 0.571. The van der Waals surface area contributed by atoms with E-state index in [0.717, 1.165) is 32.6 Å². The summed E-state index contributed by atoms with van der Waals surface area (Å²) in [4.78, 5) is 20.2. The summed E-state index contributed by atoms with van der Waals surface area (Å²) < 4.78 is 0.693. The molecule has 0 bridgehead atoms. The van der Waals surface area contributed by atoms with Gasteiger partial charge in [-0.15, -0.1) is 0 Å². The Kier molecular flexibility index (Phi) is 4.99. The molecule has 1 atom stereocenters. The number of rotatable bonds is 5. The Morgan fingerprint density at radius 2 is 2.25 bits per heavy atom. The van der Waals surface area contributed by atoms with Gasteiger partial charge < -0.3 is 10.0 Å². The standard InChI is InChI=1S/C14H20BrN3O2/c1-3-17(4-2)11-5-6-18(9-11)13-12(14(19)20)7-10(15)8-16-13/h7-8,11H,3-6,9H2,1-2H3,(H,19,20). The van der Waals surface area contributed by atoms with Crippen LogP contribution in [-0.2, 0) is 0 Å². The van der Waals surface area contributed by atoms with Gasteiger partial charge >= 0.3 is 5.97 Å². The van der Waals surface area contributed by atoms with Crippen molar-refractivity contribution in [2.24, 2.45) is 0 Å². The Hall–Kier alpha value is -1.14. The lowest BCUT2D eigenvalue weighted by atomic mass is 10.2. The molecular formula is C14H20BrN3O2. The molecule has 0 radical (unpaired) electrons. The number of pyridine rings is 1. The van der Waals surface area contributed by atoms with E-state index >= 15 is 0 Å². The third-order valence-electron chi connectivity index (χ3n) is 3.86. The SMILES string of the molecule is CCN(CC)C1CCN(c2ncc(Br)cc2C(=O)O)C1. The number of aromatic carboxylic acids is 1. The van der Waals surface area contributed by atoms with Gasteiger partial charge in [-0.25, -0.2) is 9.78 Å². The van der Waals surface area contributed by atoms with E-state index in [1.165, 1.54) is 0 Å². The van der Waals surface area contributed by atoms with Crippen molar-refractivity contribution in [3.05, 3.63) is 22.3 Å². The highest BCUT2D eigenvalue weighted by Crippen LogP contribution is 2.26. The lowest BCUT2D eigenvalue weighted by molar-refractivity contribution is 0.0697. The predicted octanol–water partition coefficient (Wildman–Crippen LogP) is 2.46. The van der Waals surface area contributed by atoms with Crippen molar-refractivity contribution in [3.8, 4) is 0 Å². The zero-order chi connectivity index (χ0) is 14.7. The molecule has 1 aliphatic rings. The molecule has 1 N–H and O–H groups in total. The Morgan fingerprint density at radius 1 is 1.55 bits per heavy atom. The van der Waals surface area contributed by atoms with Crippen molar-refractivity contribution in [1.82, 2.24) is 9.88 Å². The summed E-state index contributed by atoms with van der Waals surface area (Å²) in [5.41, 5.74) is 0.263. The minimum Gasteiger partial charge on any atom is -0.478 e. The summed E-state index contributed by atoms with van der Waals surface area (Å²) in [5, 5.41) is 9.32. The van der Waals surface area contributed by atoms with Crippen LogP contribution >= 0.6 is 15.9 Å². The first-order valence-electron chi connectivity index (χ1n) is 6.94. The molecule has 0 aliphatic carbocycles. The summed E-state index contributed by atoms with van der Waals surface area (Å²) in [6, 6.07) is 2.10. The first-order valence-corrected chi connectivity index (χ1v) is 7.73. The quantitative estimate of drug-likeness (QED) is 0.891. The zero-order valence-electron chi connectivity index (χ0n) is 11.8. The number of hydrogen-bond donors (Lipinski definition) is 1. The Labute approximate surface area is 127 Å². The summed E-state index contributed by atoms with van der Waals surface area (Å²) in [5.74, 6) is -0.351. The summed E-state index contributed by atoms with van der Waals surface area (Å²) >= 11 is 3.28. The van der Waals surface area contributed by atoms with Crippen molar-refractivity contribution in [1.29, 1.82) is 0 Å². The van der Waals surface area contributed by atoms with Gasteiger partial charge in [0.1, 0.15) is 11.4 Å². The smallest absolute Gasteiger partial charge is 0.339 e. The van der Waals surface area contributed by atoms with Crippen LogP contribution in [0, 0.1) is 0 Å². The number of nitrogens with zero attached hydrogens (tertiary/aromatic N) is 3. The molecule has 0 saturated carbocycles. The lowest BCUT2D eigenvalue weighted by Gasteiger charge is -2.26. The van der Waals surface area contributed by atoms with Gasteiger partial charge in [-0.05, 0) is 41.5 Å². The van der Waals surface area contributed by atoms with Gasteiger partial charge in [-0.2, -0.15) is 0 Å². The number of carboxylic acid groups (broad SMARTS) is 1. The van der Waals surface area contributed by atoms with Crippen LogP contribution in [0.5, 0.6) is 0 Å². The highest BCUT2D eigenvalue weighted by Gasteiger charge is 2.29. The number of halogens is 1. The summed E-state index contributed by atoms with van der Waals surface area (Å²) in [6.07, 6.45) is 2.71. The van der Waals surface area contributed by atoms with Gasteiger partial charge in [0, 0.05) is 29.8 Å². The highest BCUT2D eigenvalue weighted by molar-refractivity contribution is 9.10. The average molecular weight is 342 g/mol. The molecule has 1 saturated heterocycles. The van der Waals surface area contributed by atoms with E-state index in [1.54, 1.807) is 12.3 Å². The van der Waals surface area contributed by atoms with Gasteiger partial charge in [0.2, 0.25) is 0 Å². The second kappa shape index (κ2) is 6.54. The van der Waals surface area contributed by atoms with Gasteiger partial charge in [0.15, 0.2) is 0 Å². The maximum atomic E-state index is 11.4. The van der Waals surface area contributed by atoms with Crippen molar-refractivity contribution < 1.29 is 9.90 Å². The predicted molar refractivity (Wildman–Crippen MR) is 82.4 cm³/mol. The van der Waals surface area contributed by atoms with Crippen LogP contribution in [0.15, 0.2) is 16.7 Å². The number of carboxylic acids is 1. The van der Waals surface area contributed by atoms with Gasteiger partial charge in [-0.3, -0.25) is 4.90 Å². The van der Waals surface area contributed by atoms with Crippen LogP contribution in [-0.4, -0.2) is 53.2 Å². The van der Waals surface area contributed by atoms with E-state index in [1.807, 2.05) is 0 Å². The molecule has 2 rings (SSSR count). The first-order chi connectivity index (χ1) is 9.56. The molecule has 20 heavy (non-hydrogen) atoms. The largest absolute Gasteiger partial charge is 0.478 e. The number of likely N-dealkylation sites (N-methyl/N-ethyl adjacent to an activating group) is 1. The van der Waals surface area contributed by atoms with Crippen molar-refractivity contribution in [3.63, 3.8) is 0 Å². The lowest BCUT2D eigenvalue weighted by Crippen LogP contribution is -2.37. The maximum Gasteiger partial charge on any atom is 0.339 e. The third-order valence-corrected chi connectivity index (χ3v) is 4.29. The Morgan fingerprint density at radius 3 is 2.85 bits per heavy atom. The number of aromatic nitrogens is 1. The van der Waals surface area contributed by atoms with Crippen LogP contribution in [0.4, 0.5) is 5.82 Å².